The van der Waals surface area contributed by atoms with E-state index in [0.717, 1.165) is 17.9 Å². The van der Waals surface area contributed by atoms with E-state index in [2.05, 4.69) is 34.6 Å². The van der Waals surface area contributed by atoms with Crippen LogP contribution in [-0.4, -0.2) is 27.5 Å². The molecule has 23 heavy (non-hydrogen) atoms. The molecular weight excluding hydrogens is 290 g/mol. The van der Waals surface area contributed by atoms with E-state index in [9.17, 15) is 0 Å². The van der Waals surface area contributed by atoms with E-state index in [4.69, 9.17) is 18.6 Å². The Kier molecular flexibility index (Phi) is 4.41. The van der Waals surface area contributed by atoms with Gasteiger partial charge in [0, 0.05) is 23.9 Å². The average Bonchev–Trinajstić information content (AvgIpc) is 2.91. The van der Waals surface area contributed by atoms with E-state index in [1.807, 2.05) is 24.3 Å². The normalized spacial score (nSPS) is 20.3. The van der Waals surface area contributed by atoms with Crippen molar-refractivity contribution in [3.05, 3.63) is 24.3 Å². The summed E-state index contributed by atoms with van der Waals surface area (Å²) < 4.78 is 23.9. The van der Waals surface area contributed by atoms with Crippen molar-refractivity contribution in [2.24, 2.45) is 5.41 Å². The highest BCUT2D eigenvalue weighted by Gasteiger charge is 2.51. The van der Waals surface area contributed by atoms with Gasteiger partial charge in [-0.2, -0.15) is 0 Å². The molecule has 1 saturated heterocycles. The van der Waals surface area contributed by atoms with Gasteiger partial charge in [-0.15, -0.1) is 0 Å². The van der Waals surface area contributed by atoms with Crippen molar-refractivity contribution in [1.82, 2.24) is 0 Å². The molecule has 0 aliphatic carbocycles. The topological polar surface area (TPSA) is 36.9 Å². The van der Waals surface area contributed by atoms with E-state index >= 15 is 0 Å². The summed E-state index contributed by atoms with van der Waals surface area (Å²) in [5.74, 6) is 2.03. The molecule has 0 spiro atoms. The van der Waals surface area contributed by atoms with Gasteiger partial charge in [-0.05, 0) is 24.4 Å². The van der Waals surface area contributed by atoms with Crippen molar-refractivity contribution in [2.45, 2.75) is 52.2 Å². The smallest absolute Gasteiger partial charge is 0.523 e. The van der Waals surface area contributed by atoms with Gasteiger partial charge in [0.15, 0.2) is 0 Å². The molecule has 1 aromatic rings. The fourth-order valence-corrected chi connectivity index (χ4v) is 3.55. The van der Waals surface area contributed by atoms with Crippen molar-refractivity contribution in [2.75, 3.05) is 13.2 Å². The van der Waals surface area contributed by atoms with E-state index in [1.165, 1.54) is 0 Å². The van der Waals surface area contributed by atoms with Crippen LogP contribution in [0.4, 0.5) is 0 Å². The number of hydrogen-bond acceptors (Lipinski definition) is 4. The standard InChI is InChI=1S/C17H26B2O4/c1-13(2)18-20-11-17(5,12-21-18)10-16(3,4)19-22-14-8-6-7-9-15(14)23-19/h6-9,13H,10-12H2,1-5H3. The van der Waals surface area contributed by atoms with E-state index in [-0.39, 0.29) is 25.0 Å². The van der Waals surface area contributed by atoms with Crippen LogP contribution in [0.2, 0.25) is 11.1 Å². The molecule has 1 fully saturated rings. The molecule has 0 N–H and O–H groups in total. The lowest BCUT2D eigenvalue weighted by molar-refractivity contribution is 0.000798. The van der Waals surface area contributed by atoms with Gasteiger partial charge < -0.3 is 18.6 Å². The zero-order valence-electron chi connectivity index (χ0n) is 14.8. The summed E-state index contributed by atoms with van der Waals surface area (Å²) in [6, 6.07) is 7.84. The molecule has 3 rings (SSSR count). The maximum absolute atomic E-state index is 6.01. The van der Waals surface area contributed by atoms with Crippen molar-refractivity contribution in [3.63, 3.8) is 0 Å². The first-order valence-corrected chi connectivity index (χ1v) is 8.45. The second-order valence-electron chi connectivity index (χ2n) is 8.22. The Morgan fingerprint density at radius 1 is 1.09 bits per heavy atom. The first-order chi connectivity index (χ1) is 10.8. The van der Waals surface area contributed by atoms with E-state index < -0.39 is 0 Å². The minimum atomic E-state index is -0.278. The molecule has 124 valence electrons. The molecule has 2 heterocycles. The van der Waals surface area contributed by atoms with Gasteiger partial charge >= 0.3 is 14.2 Å². The molecule has 2 aliphatic heterocycles. The largest absolute Gasteiger partial charge is 0.600 e. The van der Waals surface area contributed by atoms with Gasteiger partial charge in [-0.25, -0.2) is 0 Å². The third-order valence-electron chi connectivity index (χ3n) is 4.57. The van der Waals surface area contributed by atoms with Gasteiger partial charge in [0.05, 0.1) is 0 Å². The molecule has 0 bridgehead atoms. The van der Waals surface area contributed by atoms with Crippen LogP contribution in [0.15, 0.2) is 24.3 Å². The third kappa shape index (κ3) is 3.53. The van der Waals surface area contributed by atoms with Crippen molar-refractivity contribution >= 4 is 14.2 Å². The van der Waals surface area contributed by atoms with Crippen LogP contribution in [0, 0.1) is 5.41 Å². The summed E-state index contributed by atoms with van der Waals surface area (Å²) in [5.41, 5.74) is -0.0314. The molecule has 6 heteroatoms. The van der Waals surface area contributed by atoms with Gasteiger partial charge in [-0.3, -0.25) is 0 Å². The highest BCUT2D eigenvalue weighted by Crippen LogP contribution is 2.47. The summed E-state index contributed by atoms with van der Waals surface area (Å²) >= 11 is 0. The predicted octanol–water partition coefficient (Wildman–Crippen LogP) is 4.07. The minimum Gasteiger partial charge on any atom is -0.523 e. The first-order valence-electron chi connectivity index (χ1n) is 8.45. The van der Waals surface area contributed by atoms with Crippen LogP contribution in [0.3, 0.4) is 0 Å². The van der Waals surface area contributed by atoms with Gasteiger partial charge in [-0.1, -0.05) is 46.8 Å². The lowest BCUT2D eigenvalue weighted by Crippen LogP contribution is -2.48. The molecule has 0 atom stereocenters. The molecule has 0 amide bonds. The Morgan fingerprint density at radius 3 is 2.09 bits per heavy atom. The summed E-state index contributed by atoms with van der Waals surface area (Å²) in [7, 11) is -0.367. The number of rotatable bonds is 4. The lowest BCUT2D eigenvalue weighted by Gasteiger charge is -2.41. The Bertz CT molecular complexity index is 528. The maximum atomic E-state index is 6.01. The quantitative estimate of drug-likeness (QED) is 0.785. The summed E-state index contributed by atoms with van der Waals surface area (Å²) in [6.07, 6.45) is 0.906. The number of benzene rings is 1. The van der Waals surface area contributed by atoms with Gasteiger partial charge in [0.1, 0.15) is 11.5 Å². The zero-order valence-corrected chi connectivity index (χ0v) is 14.8. The molecule has 2 aliphatic rings. The second kappa shape index (κ2) is 6.06. The highest BCUT2D eigenvalue weighted by molar-refractivity contribution is 6.51. The van der Waals surface area contributed by atoms with Crippen LogP contribution in [0.5, 0.6) is 11.5 Å². The molecule has 0 aromatic heterocycles. The molecule has 0 unspecified atom stereocenters. The fraction of sp³-hybridized carbons (Fsp3) is 0.647. The Hall–Kier alpha value is -1.13. The summed E-state index contributed by atoms with van der Waals surface area (Å²) in [5, 5.41) is -0.148. The summed E-state index contributed by atoms with van der Waals surface area (Å²) in [6.45, 7) is 12.2. The zero-order chi connectivity index (χ0) is 16.7. The number of fused-ring (bicyclic) bond motifs is 1. The Balaban J connectivity index is 1.63. The van der Waals surface area contributed by atoms with Crippen molar-refractivity contribution < 1.29 is 18.6 Å². The van der Waals surface area contributed by atoms with Crippen molar-refractivity contribution in [1.29, 1.82) is 0 Å². The van der Waals surface area contributed by atoms with Crippen LogP contribution < -0.4 is 9.31 Å². The second-order valence-corrected chi connectivity index (χ2v) is 8.22. The summed E-state index contributed by atoms with van der Waals surface area (Å²) in [4.78, 5) is 0. The molecule has 0 saturated carbocycles. The van der Waals surface area contributed by atoms with Gasteiger partial charge in [0.2, 0.25) is 0 Å². The minimum absolute atomic E-state index is 0.0314. The SMILES string of the molecule is CC(C)B1OCC(C)(CC(C)(C)B2Oc3ccccc3O2)CO1. The first kappa shape index (κ1) is 16.7. The Morgan fingerprint density at radius 2 is 1.61 bits per heavy atom. The highest BCUT2D eigenvalue weighted by atomic mass is 16.6. The Labute approximate surface area is 140 Å². The average molecular weight is 316 g/mol. The van der Waals surface area contributed by atoms with Crippen LogP contribution in [0.25, 0.3) is 0 Å². The van der Waals surface area contributed by atoms with E-state index in [1.54, 1.807) is 0 Å². The molecular formula is C17H26B2O4. The number of hydrogen-bond donors (Lipinski definition) is 0. The lowest BCUT2D eigenvalue weighted by atomic mass is 9.54. The maximum Gasteiger partial charge on any atom is 0.600 e. The van der Waals surface area contributed by atoms with Crippen LogP contribution >= 0.6 is 0 Å². The monoisotopic (exact) mass is 316 g/mol. The fourth-order valence-electron chi connectivity index (χ4n) is 3.55. The van der Waals surface area contributed by atoms with Crippen LogP contribution in [-0.2, 0) is 9.31 Å². The van der Waals surface area contributed by atoms with Crippen LogP contribution in [0.1, 0.15) is 41.0 Å². The van der Waals surface area contributed by atoms with E-state index in [0.29, 0.717) is 19.0 Å². The predicted molar refractivity (Wildman–Crippen MR) is 93.0 cm³/mol. The molecule has 1 aromatic carbocycles. The molecule has 0 radical (unpaired) electrons. The van der Waals surface area contributed by atoms with Gasteiger partial charge in [0.25, 0.3) is 0 Å². The molecule has 4 nitrogen and oxygen atoms in total. The third-order valence-corrected chi connectivity index (χ3v) is 4.57. The number of para-hydroxylation sites is 2. The van der Waals surface area contributed by atoms with Crippen molar-refractivity contribution in [3.8, 4) is 11.5 Å².